The van der Waals surface area contributed by atoms with Gasteiger partial charge in [-0.25, -0.2) is 4.98 Å². The molecule has 0 aliphatic carbocycles. The molecular weight excluding hydrogens is 375 g/mol. The highest BCUT2D eigenvalue weighted by molar-refractivity contribution is 7.29. The van der Waals surface area contributed by atoms with Crippen molar-refractivity contribution in [1.82, 2.24) is 15.2 Å². The second-order valence-corrected chi connectivity index (χ2v) is 6.82. The number of carbonyl (C=O) groups excluding carboxylic acids is 1. The van der Waals surface area contributed by atoms with E-state index >= 15 is 0 Å². The maximum Gasteiger partial charge on any atom is 0.263 e. The average molecular weight is 399 g/mol. The molecule has 0 aromatic carbocycles. The highest BCUT2D eigenvalue weighted by atomic mass is 35.5. The molecule has 0 spiro atoms. The Kier molecular flexibility index (Phi) is 10.0. The van der Waals surface area contributed by atoms with Gasteiger partial charge in [0, 0.05) is 33.2 Å². The van der Waals surface area contributed by atoms with Crippen LogP contribution in [0.5, 0.6) is 0 Å². The zero-order valence-corrected chi connectivity index (χ0v) is 17.1. The molecule has 0 atom stereocenters. The molecule has 23 heavy (non-hydrogen) atoms. The normalized spacial score (nSPS) is 10.1. The number of amides is 1. The number of nitrogens with zero attached hydrogens (tertiary/aromatic N) is 3. The number of nitrogens with one attached hydrogen (secondary N) is 1. The van der Waals surface area contributed by atoms with Crippen LogP contribution >= 0.6 is 47.5 Å². The van der Waals surface area contributed by atoms with E-state index in [1.807, 2.05) is 20.2 Å². The summed E-state index contributed by atoms with van der Waals surface area (Å²) in [5.74, 6) is 0.0739. The van der Waals surface area contributed by atoms with Gasteiger partial charge in [0.25, 0.3) is 5.91 Å². The van der Waals surface area contributed by atoms with Crippen molar-refractivity contribution >= 4 is 68.1 Å². The maximum atomic E-state index is 12.3. The molecule has 0 bridgehead atoms. The molecule has 1 N–H and O–H groups in total. The summed E-state index contributed by atoms with van der Waals surface area (Å²) in [5, 5.41) is 4.10. The lowest BCUT2D eigenvalue weighted by Crippen LogP contribution is -2.32. The largest absolute Gasteiger partial charge is 0.349 e. The fraction of sp³-hybridized carbons (Fsp3) is 0.571. The Morgan fingerprint density at radius 2 is 1.91 bits per heavy atom. The third kappa shape index (κ3) is 5.19. The number of thiazole rings is 1. The number of fused-ring (bicyclic) bond motifs is 1. The van der Waals surface area contributed by atoms with Gasteiger partial charge in [-0.1, -0.05) is 11.3 Å². The number of rotatable bonds is 7. The second-order valence-electron chi connectivity index (χ2n) is 4.78. The van der Waals surface area contributed by atoms with E-state index in [9.17, 15) is 4.79 Å². The predicted octanol–water partition coefficient (Wildman–Crippen LogP) is 3.34. The van der Waals surface area contributed by atoms with Gasteiger partial charge in [-0.05, 0) is 27.0 Å². The summed E-state index contributed by atoms with van der Waals surface area (Å²) < 4.78 is 1.10. The number of hydrogen-bond acceptors (Lipinski definition) is 6. The molecule has 132 valence electrons. The number of halogens is 2. The van der Waals surface area contributed by atoms with E-state index in [4.69, 9.17) is 0 Å². The van der Waals surface area contributed by atoms with Crippen LogP contribution in [0.3, 0.4) is 0 Å². The molecule has 1 amide bonds. The number of aromatic nitrogens is 1. The third-order valence-electron chi connectivity index (χ3n) is 3.37. The molecule has 0 aliphatic heterocycles. The molecule has 2 rings (SSSR count). The van der Waals surface area contributed by atoms with Crippen LogP contribution in [0.2, 0.25) is 0 Å². The number of likely N-dealkylation sites (N-methyl/N-ethyl adjacent to an activating group) is 2. The van der Waals surface area contributed by atoms with Crippen molar-refractivity contribution in [1.29, 1.82) is 0 Å². The smallest absolute Gasteiger partial charge is 0.263 e. The van der Waals surface area contributed by atoms with Crippen LogP contribution in [-0.4, -0.2) is 56.1 Å². The number of thiophene rings is 1. The van der Waals surface area contributed by atoms with Crippen LogP contribution in [0.4, 0.5) is 5.13 Å². The molecule has 2 aromatic rings. The van der Waals surface area contributed by atoms with Crippen molar-refractivity contribution in [3.05, 3.63) is 10.9 Å². The summed E-state index contributed by atoms with van der Waals surface area (Å²) in [7, 11) is 3.72. The molecule has 0 saturated heterocycles. The Hall–Kier alpha value is -0.600. The molecule has 0 saturated carbocycles. The van der Waals surface area contributed by atoms with Crippen LogP contribution in [-0.2, 0) is 0 Å². The van der Waals surface area contributed by atoms with Crippen LogP contribution in [0.1, 0.15) is 23.5 Å². The first-order chi connectivity index (χ1) is 10.1. The minimum Gasteiger partial charge on any atom is -0.349 e. The molecule has 9 heteroatoms. The molecule has 2 aromatic heterocycles. The van der Waals surface area contributed by atoms with Crippen molar-refractivity contribution in [2.24, 2.45) is 0 Å². The van der Waals surface area contributed by atoms with Crippen molar-refractivity contribution in [3.63, 3.8) is 0 Å². The topological polar surface area (TPSA) is 48.5 Å². The van der Waals surface area contributed by atoms with Crippen LogP contribution in [0.25, 0.3) is 9.53 Å². The first kappa shape index (κ1) is 22.4. The standard InChI is InChI=1S/C14H22N4OS2.2ClH/c1-5-18(6-2)14-16-12-10(21-14)9-11(20-12)13(19)17(4)8-7-15-3;;/h9,15H,5-8H2,1-4H3;2*1H. The highest BCUT2D eigenvalue weighted by Crippen LogP contribution is 2.34. The Morgan fingerprint density at radius 3 is 2.43 bits per heavy atom. The highest BCUT2D eigenvalue weighted by Gasteiger charge is 2.18. The van der Waals surface area contributed by atoms with Crippen molar-refractivity contribution in [2.75, 3.05) is 45.2 Å². The third-order valence-corrected chi connectivity index (χ3v) is 5.58. The van der Waals surface area contributed by atoms with Crippen LogP contribution in [0.15, 0.2) is 6.07 Å². The van der Waals surface area contributed by atoms with E-state index in [0.717, 1.165) is 39.2 Å². The van der Waals surface area contributed by atoms with Crippen LogP contribution in [0, 0.1) is 0 Å². The Balaban J connectivity index is 0.00000242. The van der Waals surface area contributed by atoms with E-state index in [2.05, 4.69) is 29.0 Å². The molecule has 0 radical (unpaired) electrons. The van der Waals surface area contributed by atoms with E-state index in [1.165, 1.54) is 11.3 Å². The Bertz CT molecular complexity index is 581. The van der Waals surface area contributed by atoms with E-state index < -0.39 is 0 Å². The average Bonchev–Trinajstić information content (AvgIpc) is 3.04. The lowest BCUT2D eigenvalue weighted by molar-refractivity contribution is 0.0801. The SMILES string of the molecule is CCN(CC)c1nc2sc(C(=O)N(C)CCNC)cc2s1.Cl.Cl. The summed E-state index contributed by atoms with van der Waals surface area (Å²) >= 11 is 3.15. The summed E-state index contributed by atoms with van der Waals surface area (Å²) in [5.41, 5.74) is 0. The van der Waals surface area contributed by atoms with Gasteiger partial charge in [0.15, 0.2) is 5.13 Å². The maximum absolute atomic E-state index is 12.3. The molecule has 0 fully saturated rings. The van der Waals surface area contributed by atoms with Crippen LogP contribution < -0.4 is 10.2 Å². The quantitative estimate of drug-likeness (QED) is 0.776. The van der Waals surface area contributed by atoms with Gasteiger partial charge in [-0.3, -0.25) is 4.79 Å². The molecular formula is C14H24Cl2N4OS2. The monoisotopic (exact) mass is 398 g/mol. The number of anilines is 1. The van der Waals surface area contributed by atoms with Crippen molar-refractivity contribution < 1.29 is 4.79 Å². The van der Waals surface area contributed by atoms with E-state index in [-0.39, 0.29) is 30.7 Å². The van der Waals surface area contributed by atoms with Gasteiger partial charge in [0.05, 0.1) is 9.58 Å². The van der Waals surface area contributed by atoms with Gasteiger partial charge in [-0.15, -0.1) is 36.2 Å². The molecule has 5 nitrogen and oxygen atoms in total. The van der Waals surface area contributed by atoms with Gasteiger partial charge < -0.3 is 15.1 Å². The lowest BCUT2D eigenvalue weighted by atomic mass is 10.4. The predicted molar refractivity (Wildman–Crippen MR) is 106 cm³/mol. The lowest BCUT2D eigenvalue weighted by Gasteiger charge is -2.16. The van der Waals surface area contributed by atoms with Crippen molar-refractivity contribution in [2.45, 2.75) is 13.8 Å². The first-order valence-corrected chi connectivity index (χ1v) is 8.79. The van der Waals surface area contributed by atoms with E-state index in [0.29, 0.717) is 6.54 Å². The number of hydrogen-bond donors (Lipinski definition) is 1. The minimum atomic E-state index is 0. The summed E-state index contributed by atoms with van der Waals surface area (Å²) in [4.78, 5) is 22.7. The molecule has 0 unspecified atom stereocenters. The van der Waals surface area contributed by atoms with Crippen molar-refractivity contribution in [3.8, 4) is 0 Å². The van der Waals surface area contributed by atoms with Gasteiger partial charge in [0.1, 0.15) is 4.83 Å². The summed E-state index contributed by atoms with van der Waals surface area (Å²) in [6.07, 6.45) is 0. The van der Waals surface area contributed by atoms with Gasteiger partial charge in [-0.2, -0.15) is 0 Å². The fourth-order valence-electron chi connectivity index (χ4n) is 2.03. The second kappa shape index (κ2) is 10.3. The fourth-order valence-corrected chi connectivity index (χ4v) is 4.36. The molecule has 0 aliphatic rings. The van der Waals surface area contributed by atoms with Gasteiger partial charge in [0.2, 0.25) is 0 Å². The summed E-state index contributed by atoms with van der Waals surface area (Å²) in [6.45, 7) is 7.67. The summed E-state index contributed by atoms with van der Waals surface area (Å²) in [6, 6.07) is 1.98. The zero-order chi connectivity index (χ0) is 15.4. The molecule has 2 heterocycles. The first-order valence-electron chi connectivity index (χ1n) is 7.16. The minimum absolute atomic E-state index is 0. The zero-order valence-electron chi connectivity index (χ0n) is 13.8. The van der Waals surface area contributed by atoms with Gasteiger partial charge >= 0.3 is 0 Å². The van der Waals surface area contributed by atoms with E-state index in [1.54, 1.807) is 16.2 Å². The Labute approximate surface area is 157 Å². The number of carbonyl (C=O) groups is 1. The Morgan fingerprint density at radius 1 is 1.26 bits per heavy atom.